The van der Waals surface area contributed by atoms with Crippen molar-refractivity contribution < 1.29 is 4.79 Å². The third-order valence-electron chi connectivity index (χ3n) is 5.28. The summed E-state index contributed by atoms with van der Waals surface area (Å²) in [6.07, 6.45) is 4.43. The number of tetrazole rings is 1. The molecule has 2 aliphatic rings. The van der Waals surface area contributed by atoms with E-state index in [2.05, 4.69) is 51.6 Å². The Bertz CT molecular complexity index is 527. The molecule has 1 aromatic rings. The lowest BCUT2D eigenvalue weighted by atomic mass is 9.90. The summed E-state index contributed by atoms with van der Waals surface area (Å²) in [5, 5.41) is 17.5. The first kappa shape index (κ1) is 16.4. The Morgan fingerprint density at radius 1 is 1.39 bits per heavy atom. The summed E-state index contributed by atoms with van der Waals surface area (Å²) < 4.78 is 0. The van der Waals surface area contributed by atoms with Crippen LogP contribution in [0.1, 0.15) is 58.2 Å². The number of piperidine rings is 1. The van der Waals surface area contributed by atoms with Gasteiger partial charge in [-0.3, -0.25) is 9.69 Å². The summed E-state index contributed by atoms with van der Waals surface area (Å²) in [6.45, 7) is 9.84. The lowest BCUT2D eigenvalue weighted by molar-refractivity contribution is -0.122. The van der Waals surface area contributed by atoms with E-state index in [1.54, 1.807) is 0 Å². The number of H-pyrrole nitrogens is 1. The average molecular weight is 320 g/mol. The highest BCUT2D eigenvalue weighted by molar-refractivity contribution is 5.78. The third kappa shape index (κ3) is 4.07. The Balaban J connectivity index is 1.38. The van der Waals surface area contributed by atoms with Crippen LogP contribution >= 0.6 is 0 Å². The minimum Gasteiger partial charge on any atom is -0.355 e. The molecular weight excluding hydrogens is 292 g/mol. The molecule has 1 amide bonds. The lowest BCUT2D eigenvalue weighted by Crippen LogP contribution is -2.42. The van der Waals surface area contributed by atoms with Gasteiger partial charge in [0, 0.05) is 12.5 Å². The SMILES string of the molecule is CC(C)(C)CCNC(=O)CN1CCC2(CC1)CC2c1nn[nH]n1. The molecule has 7 heteroatoms. The van der Waals surface area contributed by atoms with Crippen molar-refractivity contribution >= 4 is 5.91 Å². The number of aromatic nitrogens is 4. The highest BCUT2D eigenvalue weighted by atomic mass is 16.2. The normalized spacial score (nSPS) is 23.9. The smallest absolute Gasteiger partial charge is 0.234 e. The van der Waals surface area contributed by atoms with Crippen LogP contribution in [0.5, 0.6) is 0 Å². The van der Waals surface area contributed by atoms with Gasteiger partial charge in [0.15, 0.2) is 5.82 Å². The van der Waals surface area contributed by atoms with Crippen LogP contribution in [0, 0.1) is 10.8 Å². The van der Waals surface area contributed by atoms with E-state index in [4.69, 9.17) is 0 Å². The Hall–Kier alpha value is -1.50. The van der Waals surface area contributed by atoms with Crippen molar-refractivity contribution in [3.63, 3.8) is 0 Å². The van der Waals surface area contributed by atoms with Crippen molar-refractivity contribution in [3.8, 4) is 0 Å². The van der Waals surface area contributed by atoms with E-state index in [9.17, 15) is 4.79 Å². The monoisotopic (exact) mass is 320 g/mol. The van der Waals surface area contributed by atoms with Gasteiger partial charge in [0.2, 0.25) is 5.91 Å². The van der Waals surface area contributed by atoms with Crippen LogP contribution in [0.15, 0.2) is 0 Å². The topological polar surface area (TPSA) is 86.8 Å². The maximum atomic E-state index is 12.0. The highest BCUT2D eigenvalue weighted by Crippen LogP contribution is 2.63. The molecule has 0 bridgehead atoms. The molecule has 0 radical (unpaired) electrons. The molecule has 2 N–H and O–H groups in total. The van der Waals surface area contributed by atoms with Gasteiger partial charge < -0.3 is 5.32 Å². The van der Waals surface area contributed by atoms with E-state index in [0.29, 0.717) is 17.9 Å². The van der Waals surface area contributed by atoms with Crippen LogP contribution in [-0.4, -0.2) is 57.6 Å². The number of likely N-dealkylation sites (tertiary alicyclic amines) is 1. The highest BCUT2D eigenvalue weighted by Gasteiger charge is 2.57. The molecule has 3 rings (SSSR count). The van der Waals surface area contributed by atoms with Gasteiger partial charge in [0.05, 0.1) is 6.54 Å². The van der Waals surface area contributed by atoms with Gasteiger partial charge in [-0.2, -0.15) is 5.21 Å². The molecule has 2 heterocycles. The number of carbonyl (C=O) groups is 1. The summed E-state index contributed by atoms with van der Waals surface area (Å²) in [7, 11) is 0. The summed E-state index contributed by atoms with van der Waals surface area (Å²) in [6, 6.07) is 0. The summed E-state index contributed by atoms with van der Waals surface area (Å²) in [4.78, 5) is 14.3. The van der Waals surface area contributed by atoms with Crippen molar-refractivity contribution in [2.75, 3.05) is 26.2 Å². The fourth-order valence-electron chi connectivity index (χ4n) is 3.57. The second-order valence-electron chi connectivity index (χ2n) is 8.33. The number of carbonyl (C=O) groups excluding carboxylic acids is 1. The Morgan fingerprint density at radius 3 is 2.74 bits per heavy atom. The predicted octanol–water partition coefficient (Wildman–Crippen LogP) is 1.32. The zero-order valence-electron chi connectivity index (χ0n) is 14.4. The summed E-state index contributed by atoms with van der Waals surface area (Å²) in [5.41, 5.74) is 0.629. The maximum Gasteiger partial charge on any atom is 0.234 e. The molecule has 1 aliphatic carbocycles. The first-order valence-corrected chi connectivity index (χ1v) is 8.60. The van der Waals surface area contributed by atoms with Crippen molar-refractivity contribution in [3.05, 3.63) is 5.82 Å². The van der Waals surface area contributed by atoms with Crippen molar-refractivity contribution in [2.24, 2.45) is 10.8 Å². The van der Waals surface area contributed by atoms with E-state index in [-0.39, 0.29) is 11.3 Å². The van der Waals surface area contributed by atoms with Crippen LogP contribution in [-0.2, 0) is 4.79 Å². The van der Waals surface area contributed by atoms with E-state index in [1.165, 1.54) is 0 Å². The van der Waals surface area contributed by atoms with Gasteiger partial charge >= 0.3 is 0 Å². The van der Waals surface area contributed by atoms with Gasteiger partial charge in [-0.05, 0) is 49.6 Å². The number of amides is 1. The molecule has 1 aliphatic heterocycles. The molecule has 0 aromatic carbocycles. The number of nitrogens with zero attached hydrogens (tertiary/aromatic N) is 4. The predicted molar refractivity (Wildman–Crippen MR) is 86.7 cm³/mol. The molecule has 1 atom stereocenters. The molecule has 1 spiro atoms. The second kappa shape index (κ2) is 6.19. The Kier molecular flexibility index (Phi) is 4.40. The molecule has 7 nitrogen and oxygen atoms in total. The van der Waals surface area contributed by atoms with Crippen molar-refractivity contribution in [1.29, 1.82) is 0 Å². The fourth-order valence-corrected chi connectivity index (χ4v) is 3.57. The number of hydrogen-bond acceptors (Lipinski definition) is 5. The molecule has 23 heavy (non-hydrogen) atoms. The molecule has 1 aromatic heterocycles. The van der Waals surface area contributed by atoms with Gasteiger partial charge in [0.25, 0.3) is 0 Å². The quantitative estimate of drug-likeness (QED) is 0.854. The molecule has 1 saturated carbocycles. The second-order valence-corrected chi connectivity index (χ2v) is 8.33. The largest absolute Gasteiger partial charge is 0.355 e. The van der Waals surface area contributed by atoms with Crippen LogP contribution in [0.25, 0.3) is 0 Å². The molecule has 2 fully saturated rings. The van der Waals surface area contributed by atoms with Gasteiger partial charge in [-0.15, -0.1) is 10.2 Å². The Morgan fingerprint density at radius 2 is 2.13 bits per heavy atom. The summed E-state index contributed by atoms with van der Waals surface area (Å²) >= 11 is 0. The zero-order valence-corrected chi connectivity index (χ0v) is 14.4. The molecule has 128 valence electrons. The first-order chi connectivity index (χ1) is 10.9. The average Bonchev–Trinajstić information content (AvgIpc) is 2.92. The fraction of sp³-hybridized carbons (Fsp3) is 0.875. The molecule has 1 unspecified atom stereocenters. The van der Waals surface area contributed by atoms with E-state index in [1.807, 2.05) is 0 Å². The van der Waals surface area contributed by atoms with Crippen LogP contribution in [0.2, 0.25) is 0 Å². The number of nitrogens with one attached hydrogen (secondary N) is 2. The zero-order chi connectivity index (χ0) is 16.5. The van der Waals surface area contributed by atoms with Gasteiger partial charge in [-0.1, -0.05) is 26.0 Å². The standard InChI is InChI=1S/C16H28N6O/c1-15(2,3)4-7-17-13(23)11-22-8-5-16(6-9-22)10-12(16)14-18-20-21-19-14/h12H,4-11H2,1-3H3,(H,17,23)(H,18,19,20,21). The van der Waals surface area contributed by atoms with Crippen LogP contribution in [0.3, 0.4) is 0 Å². The van der Waals surface area contributed by atoms with Gasteiger partial charge in [-0.25, -0.2) is 0 Å². The Labute approximate surface area is 137 Å². The third-order valence-corrected chi connectivity index (χ3v) is 5.28. The number of rotatable bonds is 5. The molecular formula is C16H28N6O. The van der Waals surface area contributed by atoms with E-state index in [0.717, 1.165) is 51.1 Å². The first-order valence-electron chi connectivity index (χ1n) is 8.60. The van der Waals surface area contributed by atoms with Crippen molar-refractivity contribution in [2.45, 2.75) is 52.4 Å². The molecule has 1 saturated heterocycles. The minimum absolute atomic E-state index is 0.149. The number of aromatic amines is 1. The maximum absolute atomic E-state index is 12.0. The van der Waals surface area contributed by atoms with E-state index < -0.39 is 0 Å². The van der Waals surface area contributed by atoms with Crippen molar-refractivity contribution in [1.82, 2.24) is 30.8 Å². The van der Waals surface area contributed by atoms with Gasteiger partial charge in [0.1, 0.15) is 0 Å². The number of hydrogen-bond donors (Lipinski definition) is 2. The summed E-state index contributed by atoms with van der Waals surface area (Å²) in [5.74, 6) is 1.47. The lowest BCUT2D eigenvalue weighted by Gasteiger charge is -2.32. The van der Waals surface area contributed by atoms with E-state index >= 15 is 0 Å². The van der Waals surface area contributed by atoms with Crippen LogP contribution in [0.4, 0.5) is 0 Å². The minimum atomic E-state index is 0.149. The van der Waals surface area contributed by atoms with Crippen LogP contribution < -0.4 is 5.32 Å².